The number of nitrogens with zero attached hydrogens (tertiary/aromatic N) is 1. The van der Waals surface area contributed by atoms with Crippen molar-refractivity contribution < 1.29 is 9.47 Å². The molecule has 5 heteroatoms. The molecule has 3 heterocycles. The molecular weight excluding hydrogens is 487 g/mol. The molecule has 0 amide bonds. The highest BCUT2D eigenvalue weighted by Crippen LogP contribution is 2.50. The van der Waals surface area contributed by atoms with Gasteiger partial charge in [-0.1, -0.05) is 128 Å². The molecule has 3 nitrogen and oxygen atoms in total. The largest absolute Gasteiger partial charge is 0.341 e. The van der Waals surface area contributed by atoms with Gasteiger partial charge in [0.1, 0.15) is 12.2 Å². The molecule has 37 heavy (non-hydrogen) atoms. The first-order valence-corrected chi connectivity index (χ1v) is 20.5. The van der Waals surface area contributed by atoms with E-state index in [2.05, 4.69) is 122 Å². The Morgan fingerprint density at radius 1 is 0.649 bits per heavy atom. The predicted octanol–water partition coefficient (Wildman–Crippen LogP) is 5.92. The third-order valence-electron chi connectivity index (χ3n) is 9.27. The van der Waals surface area contributed by atoms with Crippen molar-refractivity contribution in [1.82, 2.24) is 4.90 Å². The molecule has 3 aliphatic rings. The van der Waals surface area contributed by atoms with Crippen molar-refractivity contribution in [2.75, 3.05) is 0 Å². The quantitative estimate of drug-likeness (QED) is 0.356. The molecule has 3 fully saturated rings. The number of benzene rings is 3. The van der Waals surface area contributed by atoms with E-state index in [1.807, 2.05) is 0 Å². The molecule has 3 aromatic rings. The maximum Gasteiger partial charge on any atom is 0.184 e. The summed E-state index contributed by atoms with van der Waals surface area (Å²) in [6.45, 7) is 10.2. The fourth-order valence-electron chi connectivity index (χ4n) is 7.37. The van der Waals surface area contributed by atoms with Gasteiger partial charge in [0.25, 0.3) is 0 Å². The van der Waals surface area contributed by atoms with Crippen molar-refractivity contribution >= 4 is 26.5 Å². The highest BCUT2D eigenvalue weighted by atomic mass is 28.3. The fourth-order valence-corrected chi connectivity index (χ4v) is 13.1. The van der Waals surface area contributed by atoms with E-state index in [-0.39, 0.29) is 18.5 Å². The van der Waals surface area contributed by atoms with Crippen molar-refractivity contribution in [3.05, 3.63) is 96.6 Å². The van der Waals surface area contributed by atoms with Gasteiger partial charge in [0, 0.05) is 23.7 Å². The number of hydrogen-bond acceptors (Lipinski definition) is 3. The second-order valence-electron chi connectivity index (χ2n) is 12.7. The molecule has 0 aromatic heterocycles. The summed E-state index contributed by atoms with van der Waals surface area (Å²) in [6.07, 6.45) is 2.58. The average molecular weight is 528 g/mol. The van der Waals surface area contributed by atoms with Crippen molar-refractivity contribution in [2.45, 2.75) is 87.7 Å². The Morgan fingerprint density at radius 3 is 1.76 bits per heavy atom. The molecule has 0 saturated carbocycles. The maximum absolute atomic E-state index is 6.83. The van der Waals surface area contributed by atoms with Gasteiger partial charge >= 0.3 is 0 Å². The monoisotopic (exact) mass is 527 g/mol. The zero-order valence-corrected chi connectivity index (χ0v) is 24.7. The van der Waals surface area contributed by atoms with Crippen LogP contribution in [0.25, 0.3) is 0 Å². The first-order valence-electron chi connectivity index (χ1n) is 14.1. The van der Waals surface area contributed by atoms with Crippen LogP contribution in [-0.4, -0.2) is 51.4 Å². The van der Waals surface area contributed by atoms with Gasteiger partial charge in [-0.15, -0.1) is 0 Å². The van der Waals surface area contributed by atoms with E-state index in [4.69, 9.17) is 9.47 Å². The van der Waals surface area contributed by atoms with Crippen LogP contribution in [0.3, 0.4) is 0 Å². The molecule has 0 unspecified atom stereocenters. The van der Waals surface area contributed by atoms with Crippen LogP contribution in [0.4, 0.5) is 0 Å². The van der Waals surface area contributed by atoms with Gasteiger partial charge in [0.2, 0.25) is 0 Å². The summed E-state index contributed by atoms with van der Waals surface area (Å²) in [5, 5.41) is 3.12. The van der Waals surface area contributed by atoms with E-state index in [0.717, 1.165) is 5.56 Å². The molecule has 6 rings (SSSR count). The zero-order chi connectivity index (χ0) is 25.6. The Kier molecular flexibility index (Phi) is 6.78. The highest BCUT2D eigenvalue weighted by Gasteiger charge is 2.60. The standard InChI is InChI=1S/C32H41NO2Si2/c1-36(2,26-16-10-6-11-17-26)22-25-20-21-28-30-31(35-32(34-30)24-14-8-5-9-15-24)29(33(25)28)23-37(3,4)27-18-12-7-13-19-27/h5-19,25,28-32H,20-23H2,1-4H3/t25-,28-,29-,30+,31-,32+/m1/s1. The van der Waals surface area contributed by atoms with Gasteiger partial charge in [-0.25, -0.2) is 0 Å². The van der Waals surface area contributed by atoms with Crippen LogP contribution in [0.15, 0.2) is 91.0 Å². The smallest absolute Gasteiger partial charge is 0.184 e. The summed E-state index contributed by atoms with van der Waals surface area (Å²) in [5.41, 5.74) is 1.15. The zero-order valence-electron chi connectivity index (χ0n) is 22.7. The highest BCUT2D eigenvalue weighted by molar-refractivity contribution is 6.90. The van der Waals surface area contributed by atoms with Crippen LogP contribution in [0, 0.1) is 0 Å². The fraction of sp³-hybridized carbons (Fsp3) is 0.438. The molecule has 6 atom stereocenters. The molecule has 0 N–H and O–H groups in total. The van der Waals surface area contributed by atoms with E-state index in [1.165, 1.54) is 24.9 Å². The normalized spacial score (nSPS) is 29.8. The van der Waals surface area contributed by atoms with Crippen LogP contribution in [0.5, 0.6) is 0 Å². The Morgan fingerprint density at radius 2 is 1.16 bits per heavy atom. The van der Waals surface area contributed by atoms with Crippen molar-refractivity contribution in [2.24, 2.45) is 0 Å². The van der Waals surface area contributed by atoms with Gasteiger partial charge in [0.05, 0.1) is 16.1 Å². The third-order valence-corrected chi connectivity index (χ3v) is 16.0. The van der Waals surface area contributed by atoms with Gasteiger partial charge in [-0.2, -0.15) is 0 Å². The van der Waals surface area contributed by atoms with E-state index >= 15 is 0 Å². The lowest BCUT2D eigenvalue weighted by atomic mass is 10.0. The summed E-state index contributed by atoms with van der Waals surface area (Å²) in [7, 11) is -3.25. The minimum atomic E-state index is -1.68. The lowest BCUT2D eigenvalue weighted by Gasteiger charge is -2.39. The Bertz CT molecular complexity index is 1190. The van der Waals surface area contributed by atoms with E-state index in [1.54, 1.807) is 10.4 Å². The van der Waals surface area contributed by atoms with E-state index in [0.29, 0.717) is 18.1 Å². The first kappa shape index (κ1) is 25.3. The topological polar surface area (TPSA) is 21.7 Å². The molecule has 3 aliphatic heterocycles. The van der Waals surface area contributed by atoms with Crippen LogP contribution >= 0.6 is 0 Å². The summed E-state index contributed by atoms with van der Waals surface area (Å²) < 4.78 is 13.6. The number of fused-ring (bicyclic) bond motifs is 3. The molecule has 0 aliphatic carbocycles. The minimum absolute atomic E-state index is 0.148. The predicted molar refractivity (Wildman–Crippen MR) is 158 cm³/mol. The second-order valence-corrected chi connectivity index (χ2v) is 22.2. The summed E-state index contributed by atoms with van der Waals surface area (Å²) >= 11 is 0. The second kappa shape index (κ2) is 9.94. The minimum Gasteiger partial charge on any atom is -0.341 e. The van der Waals surface area contributed by atoms with Crippen molar-refractivity contribution in [3.63, 3.8) is 0 Å². The van der Waals surface area contributed by atoms with Gasteiger partial charge in [0.15, 0.2) is 6.29 Å². The lowest BCUT2D eigenvalue weighted by molar-refractivity contribution is -0.0982. The first-order chi connectivity index (χ1) is 17.8. The molecule has 194 valence electrons. The van der Waals surface area contributed by atoms with Gasteiger partial charge < -0.3 is 9.47 Å². The third kappa shape index (κ3) is 4.81. The SMILES string of the molecule is C[Si](C)(C[C@H]1CC[C@@H]2[C@@H]3O[C@H](c4ccccc4)O[C@@H]3[C@@H](C[Si](C)(C)c3ccccc3)N12)c1ccccc1. The van der Waals surface area contributed by atoms with Crippen molar-refractivity contribution in [1.29, 1.82) is 0 Å². The van der Waals surface area contributed by atoms with E-state index < -0.39 is 16.1 Å². The van der Waals surface area contributed by atoms with Crippen LogP contribution in [0.1, 0.15) is 24.7 Å². The lowest BCUT2D eigenvalue weighted by Crippen LogP contribution is -2.53. The van der Waals surface area contributed by atoms with Crippen LogP contribution < -0.4 is 10.4 Å². The van der Waals surface area contributed by atoms with Crippen LogP contribution in [-0.2, 0) is 9.47 Å². The van der Waals surface area contributed by atoms with Crippen LogP contribution in [0.2, 0.25) is 38.3 Å². The maximum atomic E-state index is 6.83. The van der Waals surface area contributed by atoms with Crippen molar-refractivity contribution in [3.8, 4) is 0 Å². The molecule has 0 radical (unpaired) electrons. The van der Waals surface area contributed by atoms with Gasteiger partial charge in [-0.05, 0) is 24.9 Å². The number of rotatable bonds is 7. The molecule has 3 aromatic carbocycles. The Labute approximate surface area is 224 Å². The Balaban J connectivity index is 1.30. The molecule has 0 bridgehead atoms. The van der Waals surface area contributed by atoms with Gasteiger partial charge in [-0.3, -0.25) is 4.90 Å². The number of ether oxygens (including phenoxy) is 2. The average Bonchev–Trinajstić information content (AvgIpc) is 3.59. The summed E-state index contributed by atoms with van der Waals surface area (Å²) in [5.74, 6) is 0. The molecule has 0 spiro atoms. The summed E-state index contributed by atoms with van der Waals surface area (Å²) in [6, 6.07) is 37.1. The summed E-state index contributed by atoms with van der Waals surface area (Å²) in [4.78, 5) is 2.91. The number of hydrogen-bond donors (Lipinski definition) is 0. The molecular formula is C32H41NO2Si2. The Hall–Kier alpha value is -2.03. The van der Waals surface area contributed by atoms with E-state index in [9.17, 15) is 0 Å². The molecule has 3 saturated heterocycles.